The van der Waals surface area contributed by atoms with Crippen molar-refractivity contribution in [2.24, 2.45) is 0 Å². The zero-order chi connectivity index (χ0) is 21.6. The quantitative estimate of drug-likeness (QED) is 0.611. The van der Waals surface area contributed by atoms with Crippen LogP contribution in [0.2, 0.25) is 0 Å². The molecule has 0 saturated carbocycles. The Morgan fingerprint density at radius 2 is 2.03 bits per heavy atom. The van der Waals surface area contributed by atoms with E-state index in [1.54, 1.807) is 0 Å². The summed E-state index contributed by atoms with van der Waals surface area (Å²) in [4.78, 5) is 15.0. The van der Waals surface area contributed by atoms with E-state index in [-0.39, 0.29) is 5.69 Å². The molecule has 1 amide bonds. The van der Waals surface area contributed by atoms with Crippen molar-refractivity contribution in [3.63, 3.8) is 0 Å². The average molecular weight is 432 g/mol. The van der Waals surface area contributed by atoms with Crippen molar-refractivity contribution >= 4 is 21.6 Å². The number of nitrogens with zero attached hydrogens (tertiary/aromatic N) is 2. The molecule has 29 heavy (non-hydrogen) atoms. The minimum absolute atomic E-state index is 0.0897. The minimum atomic E-state index is -3.88. The van der Waals surface area contributed by atoms with E-state index >= 15 is 0 Å². The second-order valence-corrected chi connectivity index (χ2v) is 9.43. The highest BCUT2D eigenvalue weighted by Crippen LogP contribution is 2.23. The lowest BCUT2D eigenvalue weighted by Gasteiger charge is -2.35. The van der Waals surface area contributed by atoms with E-state index in [2.05, 4.69) is 17.1 Å². The van der Waals surface area contributed by atoms with Crippen molar-refractivity contribution in [2.75, 3.05) is 30.2 Å². The molecule has 0 aliphatic carbocycles. The number of hydrogen-bond acceptors (Lipinski definition) is 4. The average Bonchev–Trinajstić information content (AvgIpc) is 2.67. The molecular weight excluding hydrogens is 400 g/mol. The van der Waals surface area contributed by atoms with Crippen LogP contribution in [-0.4, -0.2) is 57.2 Å². The number of sulfonamides is 1. The maximum absolute atomic E-state index is 13.6. The predicted octanol–water partition coefficient (Wildman–Crippen LogP) is 2.89. The Morgan fingerprint density at radius 1 is 1.31 bits per heavy atom. The largest absolute Gasteiger partial charge is 0.354 e. The van der Waals surface area contributed by atoms with E-state index in [1.165, 1.54) is 26.2 Å². The lowest BCUT2D eigenvalue weighted by Crippen LogP contribution is -2.48. The molecule has 0 radical (unpaired) electrons. The van der Waals surface area contributed by atoms with Gasteiger partial charge in [0, 0.05) is 25.2 Å². The molecule has 6 nitrogen and oxygen atoms in total. The van der Waals surface area contributed by atoms with Gasteiger partial charge in [0.2, 0.25) is 15.9 Å². The van der Waals surface area contributed by atoms with Crippen molar-refractivity contribution in [3.05, 3.63) is 29.8 Å². The first-order valence-electron chi connectivity index (χ1n) is 10.1. The third-order valence-electron chi connectivity index (χ3n) is 5.39. The first kappa shape index (κ1) is 23.5. The topological polar surface area (TPSA) is 69.7 Å². The van der Waals surface area contributed by atoms with Crippen LogP contribution in [0.1, 0.15) is 46.0 Å². The molecule has 0 unspecified atom stereocenters. The first-order chi connectivity index (χ1) is 13.6. The van der Waals surface area contributed by atoms with Gasteiger partial charge in [-0.2, -0.15) is 0 Å². The number of hydrogen-bond donors (Lipinski definition) is 1. The zero-order valence-corrected chi connectivity index (χ0v) is 18.1. The van der Waals surface area contributed by atoms with Gasteiger partial charge in [0.25, 0.3) is 0 Å². The van der Waals surface area contributed by atoms with E-state index in [0.717, 1.165) is 54.7 Å². The second-order valence-electron chi connectivity index (χ2n) is 7.57. The van der Waals surface area contributed by atoms with E-state index in [1.807, 2.05) is 0 Å². The van der Waals surface area contributed by atoms with Crippen LogP contribution in [0.4, 0.5) is 14.5 Å². The van der Waals surface area contributed by atoms with Gasteiger partial charge < -0.3 is 10.2 Å². The van der Waals surface area contributed by atoms with Gasteiger partial charge in [-0.1, -0.05) is 13.3 Å². The normalized spacial score (nSPS) is 19.0. The summed E-state index contributed by atoms with van der Waals surface area (Å²) in [6.07, 6.45) is 6.46. The number of benzene rings is 1. The number of amides is 1. The molecule has 164 valence electrons. The lowest BCUT2D eigenvalue weighted by atomic mass is 10.00. The standard InChI is InChI=1S/C20H31F2N3O3S/c1-4-16-8-5-6-12-24(16)13-7-11-23-20(26)15(2)25(29(3,27)28)17-9-10-18(21)19(22)14-17/h9-10,14-16H,4-8,11-13H2,1-3H3,(H,23,26)/t15-,16-/m0/s1. The highest BCUT2D eigenvalue weighted by Gasteiger charge is 2.29. The van der Waals surface area contributed by atoms with Crippen LogP contribution >= 0.6 is 0 Å². The molecule has 1 aliphatic heterocycles. The maximum atomic E-state index is 13.6. The third-order valence-corrected chi connectivity index (χ3v) is 6.63. The SMILES string of the molecule is CC[C@H]1CCCCN1CCCNC(=O)[C@H](C)N(c1ccc(F)c(F)c1)S(C)(=O)=O. The smallest absolute Gasteiger partial charge is 0.243 e. The number of halogens is 2. The molecular formula is C20H31F2N3O3S. The minimum Gasteiger partial charge on any atom is -0.354 e. The summed E-state index contributed by atoms with van der Waals surface area (Å²) in [7, 11) is -3.88. The second kappa shape index (κ2) is 10.3. The number of likely N-dealkylation sites (tertiary alicyclic amines) is 1. The molecule has 2 atom stereocenters. The fraction of sp³-hybridized carbons (Fsp3) is 0.650. The van der Waals surface area contributed by atoms with Crippen LogP contribution in [0.25, 0.3) is 0 Å². The van der Waals surface area contributed by atoms with Gasteiger partial charge in [0.05, 0.1) is 11.9 Å². The van der Waals surface area contributed by atoms with E-state index in [9.17, 15) is 22.0 Å². The molecule has 9 heteroatoms. The zero-order valence-electron chi connectivity index (χ0n) is 17.3. The molecule has 0 bridgehead atoms. The van der Waals surface area contributed by atoms with Crippen molar-refractivity contribution in [3.8, 4) is 0 Å². The van der Waals surface area contributed by atoms with E-state index in [4.69, 9.17) is 0 Å². The molecule has 1 fully saturated rings. The summed E-state index contributed by atoms with van der Waals surface area (Å²) in [6.45, 7) is 5.98. The van der Waals surface area contributed by atoms with E-state index in [0.29, 0.717) is 12.6 Å². The van der Waals surface area contributed by atoms with Crippen LogP contribution in [0, 0.1) is 11.6 Å². The van der Waals surface area contributed by atoms with Gasteiger partial charge in [-0.15, -0.1) is 0 Å². The van der Waals surface area contributed by atoms with Gasteiger partial charge in [-0.25, -0.2) is 17.2 Å². The molecule has 0 aromatic heterocycles. The van der Waals surface area contributed by atoms with Crippen LogP contribution < -0.4 is 9.62 Å². The summed E-state index contributed by atoms with van der Waals surface area (Å²) in [5.41, 5.74) is -0.0897. The number of carbonyl (C=O) groups excluding carboxylic acids is 1. The molecule has 1 aliphatic rings. The number of rotatable bonds is 9. The van der Waals surface area contributed by atoms with Gasteiger partial charge >= 0.3 is 0 Å². The molecule has 1 N–H and O–H groups in total. The molecule has 0 spiro atoms. The van der Waals surface area contributed by atoms with Crippen molar-refractivity contribution < 1.29 is 22.0 Å². The summed E-state index contributed by atoms with van der Waals surface area (Å²) >= 11 is 0. The molecule has 1 aromatic carbocycles. The summed E-state index contributed by atoms with van der Waals surface area (Å²) in [5, 5.41) is 2.76. The lowest BCUT2D eigenvalue weighted by molar-refractivity contribution is -0.121. The number of piperidine rings is 1. The third kappa shape index (κ3) is 6.37. The molecule has 1 aromatic rings. The van der Waals surface area contributed by atoms with Crippen molar-refractivity contribution in [1.82, 2.24) is 10.2 Å². The van der Waals surface area contributed by atoms with Gasteiger partial charge in [-0.3, -0.25) is 9.10 Å². The summed E-state index contributed by atoms with van der Waals surface area (Å²) in [5.74, 6) is -2.73. The van der Waals surface area contributed by atoms with Crippen LogP contribution in [0.3, 0.4) is 0 Å². The van der Waals surface area contributed by atoms with Gasteiger partial charge in [0.15, 0.2) is 11.6 Å². The number of anilines is 1. The highest BCUT2D eigenvalue weighted by atomic mass is 32.2. The molecule has 1 saturated heterocycles. The first-order valence-corrected chi connectivity index (χ1v) is 12.0. The van der Waals surface area contributed by atoms with E-state index < -0.39 is 33.6 Å². The predicted molar refractivity (Wildman–Crippen MR) is 110 cm³/mol. The highest BCUT2D eigenvalue weighted by molar-refractivity contribution is 7.92. The number of nitrogens with one attached hydrogen (secondary N) is 1. The Hall–Kier alpha value is -1.74. The summed E-state index contributed by atoms with van der Waals surface area (Å²) in [6, 6.07) is 2.27. The molecule has 2 rings (SSSR count). The fourth-order valence-corrected chi connectivity index (χ4v) is 5.06. The summed E-state index contributed by atoms with van der Waals surface area (Å²) < 4.78 is 52.0. The van der Waals surface area contributed by atoms with Crippen LogP contribution in [0.15, 0.2) is 18.2 Å². The number of carbonyl (C=O) groups is 1. The monoisotopic (exact) mass is 431 g/mol. The maximum Gasteiger partial charge on any atom is 0.243 e. The van der Waals surface area contributed by atoms with Gasteiger partial charge in [0.1, 0.15) is 6.04 Å². The fourth-order valence-electron chi connectivity index (χ4n) is 3.89. The Kier molecular flexibility index (Phi) is 8.39. The Bertz CT molecular complexity index is 804. The Morgan fingerprint density at radius 3 is 2.66 bits per heavy atom. The van der Waals surface area contributed by atoms with Crippen molar-refractivity contribution in [2.45, 2.75) is 58.0 Å². The van der Waals surface area contributed by atoms with Crippen molar-refractivity contribution in [1.29, 1.82) is 0 Å². The molecule has 1 heterocycles. The van der Waals surface area contributed by atoms with Crippen LogP contribution in [-0.2, 0) is 14.8 Å². The van der Waals surface area contributed by atoms with Crippen LogP contribution in [0.5, 0.6) is 0 Å². The Balaban J connectivity index is 1.96. The van der Waals surface area contributed by atoms with Gasteiger partial charge in [-0.05, 0) is 51.3 Å². The Labute approximate surface area is 172 Å².